The molecule has 0 spiro atoms. The van der Waals surface area contributed by atoms with Gasteiger partial charge < -0.3 is 10.2 Å². The number of nitrogens with zero attached hydrogens (tertiary/aromatic N) is 1. The lowest BCUT2D eigenvalue weighted by atomic mass is 10.1. The van der Waals surface area contributed by atoms with Crippen molar-refractivity contribution >= 4 is 17.8 Å². The smallest absolute Gasteiger partial charge is 0.329 e. The highest BCUT2D eigenvalue weighted by molar-refractivity contribution is 6.22. The third-order valence-corrected chi connectivity index (χ3v) is 2.81. The number of aliphatic hydroxyl groups excluding tert-OH is 1. The van der Waals surface area contributed by atoms with Crippen molar-refractivity contribution in [1.82, 2.24) is 4.90 Å². The zero-order valence-corrected chi connectivity index (χ0v) is 9.53. The molecule has 94 valence electrons. The van der Waals surface area contributed by atoms with Crippen LogP contribution in [0.4, 0.5) is 0 Å². The number of fused-ring (bicyclic) bond motifs is 1. The molecule has 1 aliphatic heterocycles. The number of carboxylic acids is 1. The second-order valence-corrected chi connectivity index (χ2v) is 4.05. The first-order chi connectivity index (χ1) is 8.45. The van der Waals surface area contributed by atoms with Crippen molar-refractivity contribution in [1.29, 1.82) is 0 Å². The summed E-state index contributed by atoms with van der Waals surface area (Å²) in [6, 6.07) is 4.52. The summed E-state index contributed by atoms with van der Waals surface area (Å²) >= 11 is 0. The Hall–Kier alpha value is -2.21. The largest absolute Gasteiger partial charge is 0.480 e. The zero-order chi connectivity index (χ0) is 13.4. The van der Waals surface area contributed by atoms with E-state index in [1.807, 2.05) is 0 Å². The van der Waals surface area contributed by atoms with Crippen LogP contribution in [0.1, 0.15) is 27.6 Å². The maximum Gasteiger partial charge on any atom is 0.329 e. The molecule has 6 heteroatoms. The summed E-state index contributed by atoms with van der Waals surface area (Å²) in [6.07, 6.45) is -1.34. The first-order valence-corrected chi connectivity index (χ1v) is 5.33. The minimum Gasteiger partial charge on any atom is -0.480 e. The lowest BCUT2D eigenvalue weighted by molar-refractivity contribution is -0.145. The van der Waals surface area contributed by atoms with Crippen molar-refractivity contribution in [2.24, 2.45) is 0 Å². The van der Waals surface area contributed by atoms with Gasteiger partial charge in [-0.3, -0.25) is 14.5 Å². The van der Waals surface area contributed by atoms with Crippen molar-refractivity contribution in [3.63, 3.8) is 0 Å². The third-order valence-electron chi connectivity index (χ3n) is 2.81. The van der Waals surface area contributed by atoms with Crippen LogP contribution in [-0.4, -0.2) is 45.0 Å². The molecule has 1 unspecified atom stereocenters. The van der Waals surface area contributed by atoms with Gasteiger partial charge in [-0.15, -0.1) is 0 Å². The van der Waals surface area contributed by atoms with E-state index in [9.17, 15) is 19.5 Å². The average Bonchev–Trinajstić information content (AvgIpc) is 2.55. The van der Waals surface area contributed by atoms with E-state index in [2.05, 4.69) is 0 Å². The number of carbonyl (C=O) groups excluding carboxylic acids is 2. The number of carboxylic acid groups (broad SMARTS) is 1. The fraction of sp³-hybridized carbons (Fsp3) is 0.250. The van der Waals surface area contributed by atoms with E-state index in [1.165, 1.54) is 19.1 Å². The Morgan fingerprint density at radius 3 is 1.94 bits per heavy atom. The molecule has 0 fully saturated rings. The van der Waals surface area contributed by atoms with Gasteiger partial charge in [0.1, 0.15) is 0 Å². The van der Waals surface area contributed by atoms with E-state index in [4.69, 9.17) is 5.11 Å². The summed E-state index contributed by atoms with van der Waals surface area (Å²) in [4.78, 5) is 35.6. The Balaban J connectivity index is 2.47. The van der Waals surface area contributed by atoms with Crippen molar-refractivity contribution < 1.29 is 24.6 Å². The lowest BCUT2D eigenvalue weighted by Gasteiger charge is -2.24. The molecule has 1 aromatic carbocycles. The van der Waals surface area contributed by atoms with Crippen LogP contribution in [0, 0.1) is 0 Å². The third kappa shape index (κ3) is 1.67. The topological polar surface area (TPSA) is 94.9 Å². The van der Waals surface area contributed by atoms with Crippen LogP contribution in [0.2, 0.25) is 0 Å². The summed E-state index contributed by atoms with van der Waals surface area (Å²) in [5, 5.41) is 18.4. The lowest BCUT2D eigenvalue weighted by Crippen LogP contribution is -2.50. The van der Waals surface area contributed by atoms with Gasteiger partial charge in [0.05, 0.1) is 17.2 Å². The fourth-order valence-electron chi connectivity index (χ4n) is 1.99. The van der Waals surface area contributed by atoms with Gasteiger partial charge >= 0.3 is 5.97 Å². The number of benzene rings is 1. The van der Waals surface area contributed by atoms with E-state index >= 15 is 0 Å². The van der Waals surface area contributed by atoms with Crippen LogP contribution in [0.25, 0.3) is 0 Å². The maximum atomic E-state index is 12.0. The maximum absolute atomic E-state index is 12.0. The molecule has 2 rings (SSSR count). The van der Waals surface area contributed by atoms with E-state index in [0.29, 0.717) is 4.90 Å². The highest BCUT2D eigenvalue weighted by Crippen LogP contribution is 2.25. The van der Waals surface area contributed by atoms with Gasteiger partial charge in [0, 0.05) is 0 Å². The molecular formula is C12H11NO5. The summed E-state index contributed by atoms with van der Waals surface area (Å²) in [6.45, 7) is 1.22. The van der Waals surface area contributed by atoms with E-state index < -0.39 is 29.9 Å². The highest BCUT2D eigenvalue weighted by atomic mass is 16.4. The number of carbonyl (C=O) groups is 3. The number of aliphatic hydroxyl groups is 1. The molecule has 1 aromatic rings. The summed E-state index contributed by atoms with van der Waals surface area (Å²) in [7, 11) is 0. The van der Waals surface area contributed by atoms with Crippen LogP contribution in [-0.2, 0) is 4.79 Å². The van der Waals surface area contributed by atoms with Gasteiger partial charge in [-0.25, -0.2) is 4.79 Å². The van der Waals surface area contributed by atoms with Gasteiger partial charge in [0.2, 0.25) is 0 Å². The standard InChI is InChI=1S/C12H11NO5/c1-6(14)9(12(17)18)13-10(15)7-4-2-3-5-8(7)11(13)16/h2-6,9,14H,1H3,(H,17,18)/t6?,9-/m0/s1. The predicted molar refractivity (Wildman–Crippen MR) is 60.0 cm³/mol. The second kappa shape index (κ2) is 4.23. The normalized spacial score (nSPS) is 17.6. The number of hydrogen-bond acceptors (Lipinski definition) is 4. The Bertz CT molecular complexity index is 502. The Morgan fingerprint density at radius 1 is 1.17 bits per heavy atom. The quantitative estimate of drug-likeness (QED) is 0.742. The van der Waals surface area contributed by atoms with Crippen LogP contribution in [0.15, 0.2) is 24.3 Å². The summed E-state index contributed by atoms with van der Waals surface area (Å²) in [5.74, 6) is -2.80. The first kappa shape index (κ1) is 12.3. The average molecular weight is 249 g/mol. The summed E-state index contributed by atoms with van der Waals surface area (Å²) in [5.41, 5.74) is 0.323. The number of hydrogen-bond donors (Lipinski definition) is 2. The molecule has 0 bridgehead atoms. The molecule has 2 amide bonds. The molecule has 1 heterocycles. The molecule has 2 atom stereocenters. The van der Waals surface area contributed by atoms with Crippen LogP contribution in [0.5, 0.6) is 0 Å². The molecule has 0 aromatic heterocycles. The minimum atomic E-state index is -1.57. The first-order valence-electron chi connectivity index (χ1n) is 5.33. The van der Waals surface area contributed by atoms with Crippen molar-refractivity contribution in [3.05, 3.63) is 35.4 Å². The van der Waals surface area contributed by atoms with Gasteiger partial charge in [-0.05, 0) is 19.1 Å². The van der Waals surface area contributed by atoms with Gasteiger partial charge in [0.25, 0.3) is 11.8 Å². The Morgan fingerprint density at radius 2 is 1.61 bits per heavy atom. The Labute approximate surface area is 102 Å². The molecule has 0 saturated heterocycles. The van der Waals surface area contributed by atoms with Crippen molar-refractivity contribution in [2.45, 2.75) is 19.1 Å². The number of aliphatic carboxylic acids is 1. The van der Waals surface area contributed by atoms with Gasteiger partial charge in [-0.2, -0.15) is 0 Å². The molecule has 6 nitrogen and oxygen atoms in total. The SMILES string of the molecule is CC(O)[C@@H](C(=O)O)N1C(=O)c2ccccc2C1=O. The number of amides is 2. The van der Waals surface area contributed by atoms with Gasteiger partial charge in [-0.1, -0.05) is 12.1 Å². The molecule has 2 N–H and O–H groups in total. The molecule has 0 saturated carbocycles. The van der Waals surface area contributed by atoms with Crippen molar-refractivity contribution in [3.8, 4) is 0 Å². The zero-order valence-electron chi connectivity index (χ0n) is 9.53. The van der Waals surface area contributed by atoms with Crippen LogP contribution < -0.4 is 0 Å². The van der Waals surface area contributed by atoms with E-state index in [0.717, 1.165) is 0 Å². The monoisotopic (exact) mass is 249 g/mol. The molecular weight excluding hydrogens is 238 g/mol. The highest BCUT2D eigenvalue weighted by Gasteiger charge is 2.44. The molecule has 0 radical (unpaired) electrons. The van der Waals surface area contributed by atoms with Crippen LogP contribution >= 0.6 is 0 Å². The van der Waals surface area contributed by atoms with Crippen molar-refractivity contribution in [2.75, 3.05) is 0 Å². The number of rotatable bonds is 3. The number of imide groups is 1. The van der Waals surface area contributed by atoms with E-state index in [-0.39, 0.29) is 11.1 Å². The van der Waals surface area contributed by atoms with E-state index in [1.54, 1.807) is 12.1 Å². The Kier molecular flexibility index (Phi) is 2.88. The fourth-order valence-corrected chi connectivity index (χ4v) is 1.99. The second-order valence-electron chi connectivity index (χ2n) is 4.05. The van der Waals surface area contributed by atoms with Crippen LogP contribution in [0.3, 0.4) is 0 Å². The molecule has 0 aliphatic carbocycles. The van der Waals surface area contributed by atoms with Gasteiger partial charge in [0.15, 0.2) is 6.04 Å². The molecule has 18 heavy (non-hydrogen) atoms. The summed E-state index contributed by atoms with van der Waals surface area (Å²) < 4.78 is 0. The molecule has 1 aliphatic rings. The predicted octanol–water partition coefficient (Wildman–Crippen LogP) is 0.117. The minimum absolute atomic E-state index is 0.161.